The van der Waals surface area contributed by atoms with Crippen LogP contribution < -0.4 is 0 Å². The Balaban J connectivity index is 1.70. The summed E-state index contributed by atoms with van der Waals surface area (Å²) in [5.41, 5.74) is 2.92. The molecule has 1 fully saturated rings. The van der Waals surface area contributed by atoms with Gasteiger partial charge in [0, 0.05) is 19.5 Å². The highest BCUT2D eigenvalue weighted by Crippen LogP contribution is 2.27. The van der Waals surface area contributed by atoms with Crippen LogP contribution in [0.15, 0.2) is 48.5 Å². The van der Waals surface area contributed by atoms with Gasteiger partial charge in [0.2, 0.25) is 0 Å². The third kappa shape index (κ3) is 5.41. The summed E-state index contributed by atoms with van der Waals surface area (Å²) in [7, 11) is 0. The molecule has 9 nitrogen and oxygen atoms in total. The van der Waals surface area contributed by atoms with Crippen LogP contribution in [0.25, 0.3) is 11.1 Å². The lowest BCUT2D eigenvalue weighted by Gasteiger charge is -2.23. The number of aromatic carboxylic acids is 1. The molecule has 1 atom stereocenters. The molecule has 0 saturated carbocycles. The van der Waals surface area contributed by atoms with Gasteiger partial charge < -0.3 is 24.8 Å². The summed E-state index contributed by atoms with van der Waals surface area (Å²) in [4.78, 5) is 42.9. The van der Waals surface area contributed by atoms with Crippen LogP contribution >= 0.6 is 0 Å². The highest BCUT2D eigenvalue weighted by Gasteiger charge is 2.37. The number of unbranched alkanes of at least 4 members (excludes halogenated alkanes) is 1. The predicted octanol–water partition coefficient (Wildman–Crippen LogP) is 3.82. The molecule has 2 aromatic carbocycles. The van der Waals surface area contributed by atoms with Gasteiger partial charge in [0.15, 0.2) is 0 Å². The molecule has 0 aliphatic carbocycles. The van der Waals surface area contributed by atoms with E-state index in [9.17, 15) is 29.7 Å². The van der Waals surface area contributed by atoms with E-state index < -0.39 is 30.5 Å². The Bertz CT molecular complexity index is 1300. The molecule has 0 bridgehead atoms. The number of carbonyl (C=O) groups is 3. The molecular formula is C28H31N3O6. The van der Waals surface area contributed by atoms with Gasteiger partial charge in [0.25, 0.3) is 5.91 Å². The second-order valence-electron chi connectivity index (χ2n) is 9.21. The summed E-state index contributed by atoms with van der Waals surface area (Å²) in [6, 6.07) is 13.3. The van der Waals surface area contributed by atoms with Crippen molar-refractivity contribution in [2.24, 2.45) is 0 Å². The minimum absolute atomic E-state index is 0.214. The minimum Gasteiger partial charge on any atom is -0.480 e. The number of aliphatic carboxylic acids is 1. The first-order valence-corrected chi connectivity index (χ1v) is 12.5. The number of carboxylic acid groups (broad SMARTS) is 2. The maximum atomic E-state index is 13.6. The molecule has 2 heterocycles. The summed E-state index contributed by atoms with van der Waals surface area (Å²) in [5, 5.41) is 29.2. The van der Waals surface area contributed by atoms with Crippen molar-refractivity contribution in [2.45, 2.75) is 58.2 Å². The lowest BCUT2D eigenvalue weighted by Crippen LogP contribution is -2.41. The molecule has 0 unspecified atom stereocenters. The number of aliphatic hydroxyl groups is 1. The summed E-state index contributed by atoms with van der Waals surface area (Å²) in [6.07, 6.45) is 3.39. The van der Waals surface area contributed by atoms with Gasteiger partial charge in [-0.25, -0.2) is 14.6 Å². The number of aryl methyl sites for hydroxylation is 1. The van der Waals surface area contributed by atoms with E-state index in [0.29, 0.717) is 43.7 Å². The highest BCUT2D eigenvalue weighted by atomic mass is 16.4. The van der Waals surface area contributed by atoms with Crippen molar-refractivity contribution in [1.29, 1.82) is 0 Å². The molecule has 4 rings (SSSR count). The first kappa shape index (κ1) is 26.1. The maximum absolute atomic E-state index is 13.6. The van der Waals surface area contributed by atoms with Gasteiger partial charge in [-0.3, -0.25) is 4.79 Å². The van der Waals surface area contributed by atoms with Crippen molar-refractivity contribution in [3.05, 3.63) is 76.9 Å². The number of hydrogen-bond donors (Lipinski definition) is 3. The van der Waals surface area contributed by atoms with E-state index in [1.807, 2.05) is 24.3 Å². The maximum Gasteiger partial charge on any atom is 0.336 e. The number of benzene rings is 2. The predicted molar refractivity (Wildman–Crippen MR) is 136 cm³/mol. The van der Waals surface area contributed by atoms with Crippen LogP contribution in [-0.4, -0.2) is 60.2 Å². The van der Waals surface area contributed by atoms with E-state index in [4.69, 9.17) is 0 Å². The Hall–Kier alpha value is -3.98. The van der Waals surface area contributed by atoms with E-state index in [1.54, 1.807) is 28.8 Å². The fraction of sp³-hybridized carbons (Fsp3) is 0.357. The lowest BCUT2D eigenvalue weighted by atomic mass is 9.98. The molecule has 1 amide bonds. The molecule has 37 heavy (non-hydrogen) atoms. The lowest BCUT2D eigenvalue weighted by molar-refractivity contribution is -0.141. The Kier molecular flexibility index (Phi) is 8.03. The second kappa shape index (κ2) is 11.4. The monoisotopic (exact) mass is 505 g/mol. The zero-order valence-corrected chi connectivity index (χ0v) is 20.8. The summed E-state index contributed by atoms with van der Waals surface area (Å²) < 4.78 is 1.79. The summed E-state index contributed by atoms with van der Waals surface area (Å²) >= 11 is 0. The zero-order valence-electron chi connectivity index (χ0n) is 20.8. The van der Waals surface area contributed by atoms with E-state index in [1.165, 1.54) is 4.90 Å². The molecule has 1 aliphatic heterocycles. The number of hydrogen-bond acceptors (Lipinski definition) is 5. The number of carbonyl (C=O) groups excluding carboxylic acids is 1. The molecule has 9 heteroatoms. The molecular weight excluding hydrogens is 474 g/mol. The smallest absolute Gasteiger partial charge is 0.336 e. The van der Waals surface area contributed by atoms with Crippen molar-refractivity contribution >= 4 is 17.8 Å². The van der Waals surface area contributed by atoms with E-state index in [0.717, 1.165) is 24.0 Å². The number of aliphatic hydroxyl groups excluding tert-OH is 1. The van der Waals surface area contributed by atoms with Gasteiger partial charge in [-0.15, -0.1) is 0 Å². The Labute approximate surface area is 215 Å². The summed E-state index contributed by atoms with van der Waals surface area (Å²) in [6.45, 7) is 2.28. The van der Waals surface area contributed by atoms with Gasteiger partial charge in [0.1, 0.15) is 17.6 Å². The third-order valence-electron chi connectivity index (χ3n) is 6.79. The Morgan fingerprint density at radius 1 is 1.05 bits per heavy atom. The third-order valence-corrected chi connectivity index (χ3v) is 6.79. The number of rotatable bonds is 10. The van der Waals surface area contributed by atoms with Crippen LogP contribution in [0.2, 0.25) is 0 Å². The molecule has 1 aromatic heterocycles. The van der Waals surface area contributed by atoms with E-state index >= 15 is 0 Å². The highest BCUT2D eigenvalue weighted by molar-refractivity contribution is 5.97. The average molecular weight is 506 g/mol. The number of likely N-dealkylation sites (tertiary alicyclic amines) is 1. The van der Waals surface area contributed by atoms with E-state index in [2.05, 4.69) is 11.9 Å². The SMILES string of the molecule is CCCCc1nc(CO)c(C(=O)N2CCC[C@H]2C(=O)O)n1Cc1ccc(-c2ccccc2C(=O)O)cc1. The number of imidazole rings is 1. The van der Waals surface area contributed by atoms with Crippen LogP contribution in [0.5, 0.6) is 0 Å². The van der Waals surface area contributed by atoms with Crippen molar-refractivity contribution < 1.29 is 29.7 Å². The number of carboxylic acids is 2. The Morgan fingerprint density at radius 2 is 1.78 bits per heavy atom. The molecule has 0 radical (unpaired) electrons. The van der Waals surface area contributed by atoms with Gasteiger partial charge >= 0.3 is 11.9 Å². The van der Waals surface area contributed by atoms with Crippen molar-refractivity contribution in [3.63, 3.8) is 0 Å². The Morgan fingerprint density at radius 3 is 2.43 bits per heavy atom. The largest absolute Gasteiger partial charge is 0.480 e. The van der Waals surface area contributed by atoms with Gasteiger partial charge in [-0.05, 0) is 42.0 Å². The van der Waals surface area contributed by atoms with Gasteiger partial charge in [0.05, 0.1) is 17.9 Å². The molecule has 3 N–H and O–H groups in total. The molecule has 1 saturated heterocycles. The number of aromatic nitrogens is 2. The quantitative estimate of drug-likeness (QED) is 0.381. The fourth-order valence-electron chi connectivity index (χ4n) is 4.90. The molecule has 0 spiro atoms. The number of nitrogens with zero attached hydrogens (tertiary/aromatic N) is 3. The minimum atomic E-state index is -1.04. The molecule has 1 aliphatic rings. The van der Waals surface area contributed by atoms with Crippen molar-refractivity contribution in [1.82, 2.24) is 14.5 Å². The first-order chi connectivity index (χ1) is 17.8. The van der Waals surface area contributed by atoms with Crippen LogP contribution in [-0.2, 0) is 24.4 Å². The average Bonchev–Trinajstić information content (AvgIpc) is 3.53. The van der Waals surface area contributed by atoms with Crippen LogP contribution in [0, 0.1) is 0 Å². The van der Waals surface area contributed by atoms with Gasteiger partial charge in [-0.1, -0.05) is 55.8 Å². The van der Waals surface area contributed by atoms with Crippen LogP contribution in [0.3, 0.4) is 0 Å². The standard InChI is InChI=1S/C28H31N3O6/c1-2-3-10-24-29-22(17-32)25(26(33)30-15-6-9-23(30)28(36)37)31(24)16-18-11-13-19(14-12-18)20-7-4-5-8-21(20)27(34)35/h4-5,7-8,11-14,23,32H,2-3,6,9-10,15-17H2,1H3,(H,34,35)(H,36,37)/t23-/m0/s1. The van der Waals surface area contributed by atoms with Crippen LogP contribution in [0.1, 0.15) is 70.5 Å². The fourth-order valence-corrected chi connectivity index (χ4v) is 4.90. The van der Waals surface area contributed by atoms with E-state index in [-0.39, 0.29) is 17.0 Å². The normalized spacial score (nSPS) is 15.2. The van der Waals surface area contributed by atoms with Crippen molar-refractivity contribution in [2.75, 3.05) is 6.54 Å². The molecule has 3 aromatic rings. The molecule has 194 valence electrons. The second-order valence-corrected chi connectivity index (χ2v) is 9.21. The zero-order chi connectivity index (χ0) is 26.5. The number of amides is 1. The van der Waals surface area contributed by atoms with Gasteiger partial charge in [-0.2, -0.15) is 0 Å². The first-order valence-electron chi connectivity index (χ1n) is 12.5. The van der Waals surface area contributed by atoms with Crippen LogP contribution in [0.4, 0.5) is 0 Å². The van der Waals surface area contributed by atoms with Crippen molar-refractivity contribution in [3.8, 4) is 11.1 Å². The summed E-state index contributed by atoms with van der Waals surface area (Å²) in [5.74, 6) is -1.80. The topological polar surface area (TPSA) is 133 Å².